The summed E-state index contributed by atoms with van der Waals surface area (Å²) >= 11 is 0. The van der Waals surface area contributed by atoms with Crippen LogP contribution in [0.3, 0.4) is 0 Å². The third-order valence-corrected chi connectivity index (χ3v) is 3.47. The number of rotatable bonds is 5. The van der Waals surface area contributed by atoms with Crippen molar-refractivity contribution in [2.75, 3.05) is 19.6 Å². The van der Waals surface area contributed by atoms with E-state index in [-0.39, 0.29) is 11.8 Å². The zero-order valence-electron chi connectivity index (χ0n) is 10.8. The molecular formula is C14H19N3O2. The molecule has 0 spiro atoms. The molecule has 0 aromatic heterocycles. The molecule has 2 unspecified atom stereocenters. The third kappa shape index (κ3) is 3.54. The van der Waals surface area contributed by atoms with Gasteiger partial charge in [0.1, 0.15) is 0 Å². The highest BCUT2D eigenvalue weighted by Crippen LogP contribution is 2.16. The predicted molar refractivity (Wildman–Crippen MR) is 72.2 cm³/mol. The lowest BCUT2D eigenvalue weighted by atomic mass is 9.94. The normalized spacial score (nSPS) is 22.1. The molecule has 0 radical (unpaired) electrons. The molecule has 1 aromatic rings. The fourth-order valence-corrected chi connectivity index (χ4v) is 2.36. The molecule has 0 bridgehead atoms. The van der Waals surface area contributed by atoms with Crippen LogP contribution >= 0.6 is 0 Å². The van der Waals surface area contributed by atoms with E-state index in [0.717, 1.165) is 6.42 Å². The van der Waals surface area contributed by atoms with Gasteiger partial charge in [-0.1, -0.05) is 30.3 Å². The van der Waals surface area contributed by atoms with E-state index in [9.17, 15) is 9.59 Å². The largest absolute Gasteiger partial charge is 0.369 e. The molecule has 4 N–H and O–H groups in total. The average Bonchev–Trinajstić information content (AvgIpc) is 2.89. The summed E-state index contributed by atoms with van der Waals surface area (Å²) < 4.78 is 0. The number of benzene rings is 1. The Hall–Kier alpha value is -1.88. The average molecular weight is 261 g/mol. The number of amides is 2. The van der Waals surface area contributed by atoms with Crippen molar-refractivity contribution in [2.24, 2.45) is 17.6 Å². The van der Waals surface area contributed by atoms with Gasteiger partial charge in [-0.25, -0.2) is 0 Å². The molecule has 1 aromatic carbocycles. The van der Waals surface area contributed by atoms with Gasteiger partial charge in [-0.3, -0.25) is 9.59 Å². The molecule has 2 atom stereocenters. The Labute approximate surface area is 112 Å². The summed E-state index contributed by atoms with van der Waals surface area (Å²) in [6.45, 7) is 1.59. The van der Waals surface area contributed by atoms with Crippen molar-refractivity contribution in [3.05, 3.63) is 35.9 Å². The second-order valence-electron chi connectivity index (χ2n) is 4.80. The molecule has 1 aliphatic rings. The number of nitrogens with one attached hydrogen (secondary N) is 2. The lowest BCUT2D eigenvalue weighted by Crippen LogP contribution is -2.40. The van der Waals surface area contributed by atoms with Crippen LogP contribution in [0.4, 0.5) is 0 Å². The topological polar surface area (TPSA) is 84.2 Å². The minimum absolute atomic E-state index is 0.0928. The van der Waals surface area contributed by atoms with Crippen LogP contribution in [0.25, 0.3) is 0 Å². The van der Waals surface area contributed by atoms with Crippen molar-refractivity contribution in [3.63, 3.8) is 0 Å². The molecule has 1 fully saturated rings. The minimum Gasteiger partial charge on any atom is -0.369 e. The molecule has 19 heavy (non-hydrogen) atoms. The molecule has 5 nitrogen and oxygen atoms in total. The molecule has 0 saturated carbocycles. The van der Waals surface area contributed by atoms with E-state index in [0.29, 0.717) is 19.6 Å². The Balaban J connectivity index is 1.80. The second-order valence-corrected chi connectivity index (χ2v) is 4.80. The molecule has 5 heteroatoms. The summed E-state index contributed by atoms with van der Waals surface area (Å²) in [5, 5.41) is 5.90. The number of carbonyl (C=O) groups is 2. The summed E-state index contributed by atoms with van der Waals surface area (Å²) in [4.78, 5) is 23.2. The van der Waals surface area contributed by atoms with Crippen molar-refractivity contribution in [1.82, 2.24) is 10.6 Å². The Morgan fingerprint density at radius 3 is 2.58 bits per heavy atom. The number of hydrogen-bond acceptors (Lipinski definition) is 3. The fourth-order valence-electron chi connectivity index (χ4n) is 2.36. The number of hydrogen-bond donors (Lipinski definition) is 3. The van der Waals surface area contributed by atoms with Crippen LogP contribution in [0.2, 0.25) is 0 Å². The van der Waals surface area contributed by atoms with E-state index in [1.165, 1.54) is 5.56 Å². The molecule has 1 aliphatic heterocycles. The lowest BCUT2D eigenvalue weighted by Gasteiger charge is -2.15. The summed E-state index contributed by atoms with van der Waals surface area (Å²) in [6.07, 6.45) is 0.786. The van der Waals surface area contributed by atoms with E-state index in [2.05, 4.69) is 10.6 Å². The quantitative estimate of drug-likeness (QED) is 0.678. The third-order valence-electron chi connectivity index (χ3n) is 3.47. The van der Waals surface area contributed by atoms with Crippen molar-refractivity contribution in [1.29, 1.82) is 0 Å². The molecule has 0 aliphatic carbocycles. The highest BCUT2D eigenvalue weighted by Gasteiger charge is 2.36. The maximum atomic E-state index is 12.0. The van der Waals surface area contributed by atoms with Crippen molar-refractivity contribution >= 4 is 11.8 Å². The molecular weight excluding hydrogens is 242 g/mol. The van der Waals surface area contributed by atoms with Crippen molar-refractivity contribution in [2.45, 2.75) is 6.42 Å². The van der Waals surface area contributed by atoms with Crippen molar-refractivity contribution in [3.8, 4) is 0 Å². The summed E-state index contributed by atoms with van der Waals surface area (Å²) in [5.74, 6) is -1.23. The van der Waals surface area contributed by atoms with E-state index in [4.69, 9.17) is 5.73 Å². The van der Waals surface area contributed by atoms with E-state index in [1.807, 2.05) is 30.3 Å². The Morgan fingerprint density at radius 2 is 1.89 bits per heavy atom. The van der Waals surface area contributed by atoms with Crippen LogP contribution in [0, 0.1) is 11.8 Å². The molecule has 1 heterocycles. The maximum absolute atomic E-state index is 12.0. The zero-order chi connectivity index (χ0) is 13.7. The van der Waals surface area contributed by atoms with Gasteiger partial charge in [0.25, 0.3) is 0 Å². The number of primary amides is 1. The van der Waals surface area contributed by atoms with Gasteiger partial charge in [-0.15, -0.1) is 0 Å². The monoisotopic (exact) mass is 261 g/mol. The second kappa shape index (κ2) is 6.33. The van der Waals surface area contributed by atoms with Gasteiger partial charge >= 0.3 is 0 Å². The lowest BCUT2D eigenvalue weighted by molar-refractivity contribution is -0.131. The first-order chi connectivity index (χ1) is 9.18. The van der Waals surface area contributed by atoms with Crippen LogP contribution in [0.5, 0.6) is 0 Å². The van der Waals surface area contributed by atoms with Crippen molar-refractivity contribution < 1.29 is 9.59 Å². The Bertz CT molecular complexity index is 447. The van der Waals surface area contributed by atoms with E-state index < -0.39 is 11.8 Å². The van der Waals surface area contributed by atoms with E-state index >= 15 is 0 Å². The smallest absolute Gasteiger partial charge is 0.225 e. The molecule has 2 rings (SSSR count). The fraction of sp³-hybridized carbons (Fsp3) is 0.429. The number of nitrogens with two attached hydrogens (primary N) is 1. The van der Waals surface area contributed by atoms with Crippen LogP contribution in [-0.2, 0) is 16.0 Å². The first-order valence-electron chi connectivity index (χ1n) is 6.50. The first kappa shape index (κ1) is 13.5. The summed E-state index contributed by atoms with van der Waals surface area (Å²) in [5.41, 5.74) is 6.47. The SMILES string of the molecule is NC(=O)C1CNCC1C(=O)NCCc1ccccc1. The Kier molecular flexibility index (Phi) is 4.52. The highest BCUT2D eigenvalue weighted by molar-refractivity contribution is 5.87. The highest BCUT2D eigenvalue weighted by atomic mass is 16.2. The van der Waals surface area contributed by atoms with Gasteiger partial charge in [-0.05, 0) is 12.0 Å². The van der Waals surface area contributed by atoms with Crippen LogP contribution < -0.4 is 16.4 Å². The van der Waals surface area contributed by atoms with E-state index in [1.54, 1.807) is 0 Å². The van der Waals surface area contributed by atoms with Crippen LogP contribution in [0.15, 0.2) is 30.3 Å². The minimum atomic E-state index is -0.409. The zero-order valence-corrected chi connectivity index (χ0v) is 10.8. The standard InChI is InChI=1S/C14H19N3O2/c15-13(18)11-8-16-9-12(11)14(19)17-7-6-10-4-2-1-3-5-10/h1-5,11-12,16H,6-9H2,(H2,15,18)(H,17,19). The Morgan fingerprint density at radius 1 is 1.21 bits per heavy atom. The van der Waals surface area contributed by atoms with Gasteiger partial charge < -0.3 is 16.4 Å². The summed E-state index contributed by atoms with van der Waals surface area (Å²) in [7, 11) is 0. The van der Waals surface area contributed by atoms with Crippen LogP contribution in [-0.4, -0.2) is 31.4 Å². The summed E-state index contributed by atoms with van der Waals surface area (Å²) in [6, 6.07) is 9.96. The van der Waals surface area contributed by atoms with Gasteiger partial charge in [0.05, 0.1) is 11.8 Å². The molecule has 1 saturated heterocycles. The molecule has 2 amide bonds. The number of carbonyl (C=O) groups excluding carboxylic acids is 2. The maximum Gasteiger partial charge on any atom is 0.225 e. The molecule has 102 valence electrons. The van der Waals surface area contributed by atoms with Gasteiger partial charge in [0.2, 0.25) is 11.8 Å². The van der Waals surface area contributed by atoms with Gasteiger partial charge in [0.15, 0.2) is 0 Å². The van der Waals surface area contributed by atoms with Gasteiger partial charge in [0, 0.05) is 19.6 Å². The predicted octanol–water partition coefficient (Wildman–Crippen LogP) is -0.334. The first-order valence-corrected chi connectivity index (χ1v) is 6.50. The van der Waals surface area contributed by atoms with Crippen LogP contribution in [0.1, 0.15) is 5.56 Å². The van der Waals surface area contributed by atoms with Gasteiger partial charge in [-0.2, -0.15) is 0 Å².